The van der Waals surface area contributed by atoms with E-state index in [2.05, 4.69) is 65.1 Å². The number of benzene rings is 2. The van der Waals surface area contributed by atoms with Crippen molar-refractivity contribution >= 4 is 40.6 Å². The highest BCUT2D eigenvalue weighted by molar-refractivity contribution is 7.99. The lowest BCUT2D eigenvalue weighted by molar-refractivity contribution is -0.113. The first-order valence-electron chi connectivity index (χ1n) is 10.6. The first kappa shape index (κ1) is 23.9. The van der Waals surface area contributed by atoms with Crippen LogP contribution in [-0.2, 0) is 11.3 Å². The molecule has 1 aromatic heterocycles. The van der Waals surface area contributed by atoms with E-state index in [0.29, 0.717) is 22.4 Å². The maximum absolute atomic E-state index is 12.5. The predicted molar refractivity (Wildman–Crippen MR) is 135 cm³/mol. The number of carbonyl (C=O) groups excluding carboxylic acids is 1. The second kappa shape index (κ2) is 11.2. The number of aromatic nitrogens is 3. The Morgan fingerprint density at radius 2 is 1.91 bits per heavy atom. The van der Waals surface area contributed by atoms with E-state index in [1.54, 1.807) is 12.1 Å². The standard InChI is InChI=1S/C24H28ClN5OS/c1-5-15-30-23(18-11-13-19(14-12-18)29(6-2)7-3)27-28-24(30)32-16-22(31)26-21-10-8-9-20(25)17(21)4/h5,8-14H,1,6-7,15-16H2,2-4H3,(H,26,31). The van der Waals surface area contributed by atoms with Gasteiger partial charge in [-0.3, -0.25) is 9.36 Å². The quantitative estimate of drug-likeness (QED) is 0.306. The zero-order valence-corrected chi connectivity index (χ0v) is 20.2. The lowest BCUT2D eigenvalue weighted by Crippen LogP contribution is -2.21. The van der Waals surface area contributed by atoms with Crippen molar-refractivity contribution in [2.24, 2.45) is 0 Å². The summed E-state index contributed by atoms with van der Waals surface area (Å²) in [5, 5.41) is 12.9. The number of thioether (sulfide) groups is 1. The zero-order chi connectivity index (χ0) is 23.1. The molecule has 0 aliphatic carbocycles. The molecule has 3 aromatic rings. The first-order chi connectivity index (χ1) is 15.5. The third-order valence-corrected chi connectivity index (χ3v) is 6.53. The summed E-state index contributed by atoms with van der Waals surface area (Å²) >= 11 is 7.48. The largest absolute Gasteiger partial charge is 0.372 e. The third kappa shape index (κ3) is 5.53. The lowest BCUT2D eigenvalue weighted by Gasteiger charge is -2.21. The van der Waals surface area contributed by atoms with Crippen LogP contribution in [0.15, 0.2) is 60.3 Å². The van der Waals surface area contributed by atoms with Crippen molar-refractivity contribution in [1.82, 2.24) is 14.8 Å². The van der Waals surface area contributed by atoms with Crippen molar-refractivity contribution in [3.05, 3.63) is 65.7 Å². The number of carbonyl (C=O) groups is 1. The summed E-state index contributed by atoms with van der Waals surface area (Å²) in [5.41, 5.74) is 3.71. The second-order valence-corrected chi connectivity index (χ2v) is 8.52. The molecular formula is C24H28ClN5OS. The molecule has 168 valence electrons. The van der Waals surface area contributed by atoms with Crippen molar-refractivity contribution < 1.29 is 4.79 Å². The Balaban J connectivity index is 1.74. The minimum atomic E-state index is -0.126. The van der Waals surface area contributed by atoms with Crippen molar-refractivity contribution in [3.63, 3.8) is 0 Å². The second-order valence-electron chi connectivity index (χ2n) is 7.17. The number of allylic oxidation sites excluding steroid dienone is 1. The molecule has 0 aliphatic heterocycles. The molecule has 0 radical (unpaired) electrons. The summed E-state index contributed by atoms with van der Waals surface area (Å²) in [6.07, 6.45) is 1.80. The molecule has 0 bridgehead atoms. The van der Waals surface area contributed by atoms with E-state index in [1.165, 1.54) is 17.4 Å². The first-order valence-corrected chi connectivity index (χ1v) is 11.9. The van der Waals surface area contributed by atoms with Gasteiger partial charge in [0, 0.05) is 41.6 Å². The number of anilines is 2. The van der Waals surface area contributed by atoms with Crippen molar-refractivity contribution in [1.29, 1.82) is 0 Å². The topological polar surface area (TPSA) is 63.1 Å². The smallest absolute Gasteiger partial charge is 0.234 e. The van der Waals surface area contributed by atoms with Crippen LogP contribution >= 0.6 is 23.4 Å². The van der Waals surface area contributed by atoms with Gasteiger partial charge in [-0.2, -0.15) is 0 Å². The highest BCUT2D eigenvalue weighted by atomic mass is 35.5. The molecule has 0 atom stereocenters. The summed E-state index contributed by atoms with van der Waals surface area (Å²) < 4.78 is 1.97. The molecule has 8 heteroatoms. The van der Waals surface area contributed by atoms with Crippen LogP contribution in [0.1, 0.15) is 19.4 Å². The predicted octanol–water partition coefficient (Wildman–Crippen LogP) is 5.67. The number of nitrogens with one attached hydrogen (secondary N) is 1. The van der Waals surface area contributed by atoms with Crippen molar-refractivity contribution in [2.45, 2.75) is 32.5 Å². The van der Waals surface area contributed by atoms with Crippen LogP contribution < -0.4 is 10.2 Å². The number of halogens is 1. The van der Waals surface area contributed by atoms with E-state index < -0.39 is 0 Å². The van der Waals surface area contributed by atoms with Crippen LogP contribution in [0, 0.1) is 6.92 Å². The average molecular weight is 470 g/mol. The highest BCUT2D eigenvalue weighted by Gasteiger charge is 2.16. The molecule has 0 aliphatic rings. The van der Waals surface area contributed by atoms with Crippen LogP contribution in [0.25, 0.3) is 11.4 Å². The Bertz CT molecular complexity index is 1080. The average Bonchev–Trinajstić information content (AvgIpc) is 3.19. The maximum atomic E-state index is 12.5. The van der Waals surface area contributed by atoms with Crippen molar-refractivity contribution in [2.75, 3.05) is 29.1 Å². The molecule has 0 unspecified atom stereocenters. The summed E-state index contributed by atoms with van der Waals surface area (Å²) in [7, 11) is 0. The molecule has 32 heavy (non-hydrogen) atoms. The summed E-state index contributed by atoms with van der Waals surface area (Å²) in [4.78, 5) is 14.8. The van der Waals surface area contributed by atoms with E-state index in [0.717, 1.165) is 30.0 Å². The highest BCUT2D eigenvalue weighted by Crippen LogP contribution is 2.27. The molecule has 2 aromatic carbocycles. The maximum Gasteiger partial charge on any atom is 0.234 e. The summed E-state index contributed by atoms with van der Waals surface area (Å²) in [6, 6.07) is 13.8. The van der Waals surface area contributed by atoms with Gasteiger partial charge in [0.15, 0.2) is 11.0 Å². The number of rotatable bonds is 10. The molecule has 1 amide bonds. The minimum absolute atomic E-state index is 0.126. The Labute approximate surface area is 198 Å². The van der Waals surface area contributed by atoms with E-state index in [9.17, 15) is 4.79 Å². The van der Waals surface area contributed by atoms with Gasteiger partial charge in [0.25, 0.3) is 0 Å². The van der Waals surface area contributed by atoms with Gasteiger partial charge in [0.1, 0.15) is 0 Å². The molecule has 3 rings (SSSR count). The number of hydrogen-bond donors (Lipinski definition) is 1. The Hall–Kier alpha value is -2.77. The van der Waals surface area contributed by atoms with Crippen LogP contribution in [-0.4, -0.2) is 39.5 Å². The van der Waals surface area contributed by atoms with E-state index >= 15 is 0 Å². The number of hydrogen-bond acceptors (Lipinski definition) is 5. The van der Waals surface area contributed by atoms with Crippen LogP contribution in [0.4, 0.5) is 11.4 Å². The molecule has 1 heterocycles. The molecule has 6 nitrogen and oxygen atoms in total. The zero-order valence-electron chi connectivity index (χ0n) is 18.6. The fourth-order valence-electron chi connectivity index (χ4n) is 3.37. The van der Waals surface area contributed by atoms with Crippen LogP contribution in [0.5, 0.6) is 0 Å². The Morgan fingerprint density at radius 1 is 1.19 bits per heavy atom. The summed E-state index contributed by atoms with van der Waals surface area (Å²) in [5.74, 6) is 0.838. The van der Waals surface area contributed by atoms with Gasteiger partial charge in [0.05, 0.1) is 5.75 Å². The van der Waals surface area contributed by atoms with Gasteiger partial charge in [-0.05, 0) is 62.7 Å². The van der Waals surface area contributed by atoms with E-state index in [1.807, 2.05) is 23.6 Å². The molecule has 0 saturated carbocycles. The van der Waals surface area contributed by atoms with Crippen LogP contribution in [0.2, 0.25) is 5.02 Å². The SMILES string of the molecule is C=CCn1c(SCC(=O)Nc2cccc(Cl)c2C)nnc1-c1ccc(N(CC)CC)cc1. The number of amides is 1. The van der Waals surface area contributed by atoms with Crippen molar-refractivity contribution in [3.8, 4) is 11.4 Å². The van der Waals surface area contributed by atoms with E-state index in [-0.39, 0.29) is 11.7 Å². The molecule has 1 N–H and O–H groups in total. The number of nitrogens with zero attached hydrogens (tertiary/aromatic N) is 4. The Morgan fingerprint density at radius 3 is 2.56 bits per heavy atom. The monoisotopic (exact) mass is 469 g/mol. The third-order valence-electron chi connectivity index (χ3n) is 5.16. The van der Waals surface area contributed by atoms with Gasteiger partial charge in [-0.15, -0.1) is 16.8 Å². The van der Waals surface area contributed by atoms with E-state index in [4.69, 9.17) is 11.6 Å². The molecule has 0 spiro atoms. The minimum Gasteiger partial charge on any atom is -0.372 e. The Kier molecular flexibility index (Phi) is 8.36. The van der Waals surface area contributed by atoms with Crippen LogP contribution in [0.3, 0.4) is 0 Å². The van der Waals surface area contributed by atoms with Gasteiger partial charge in [0.2, 0.25) is 5.91 Å². The van der Waals surface area contributed by atoms with Gasteiger partial charge < -0.3 is 10.2 Å². The normalized spacial score (nSPS) is 10.8. The molecule has 0 saturated heterocycles. The lowest BCUT2D eigenvalue weighted by atomic mass is 10.2. The fourth-order valence-corrected chi connectivity index (χ4v) is 4.29. The summed E-state index contributed by atoms with van der Waals surface area (Å²) in [6.45, 7) is 12.5. The van der Waals surface area contributed by atoms with Gasteiger partial charge in [-0.1, -0.05) is 35.5 Å². The molecular weight excluding hydrogens is 442 g/mol. The fraction of sp³-hybridized carbons (Fsp3) is 0.292. The molecule has 0 fully saturated rings. The van der Waals surface area contributed by atoms with Gasteiger partial charge in [-0.25, -0.2) is 0 Å². The van der Waals surface area contributed by atoms with Gasteiger partial charge >= 0.3 is 0 Å².